The van der Waals surface area contributed by atoms with E-state index in [9.17, 15) is 4.79 Å². The van der Waals surface area contributed by atoms with Crippen molar-refractivity contribution in [2.75, 3.05) is 26.7 Å². The van der Waals surface area contributed by atoms with Gasteiger partial charge in [0, 0.05) is 29.7 Å². The predicted octanol–water partition coefficient (Wildman–Crippen LogP) is 2.20. The molecule has 1 fully saturated rings. The molecular formula is C19H21N3O2. The van der Waals surface area contributed by atoms with Crippen molar-refractivity contribution >= 4 is 22.4 Å². The first kappa shape index (κ1) is 14.3. The molecule has 0 radical (unpaired) electrons. The largest absolute Gasteiger partial charge is 0.361 e. The number of hydroxylamine groups is 2. The summed E-state index contributed by atoms with van der Waals surface area (Å²) in [5.74, 6) is -0.0348. The Labute approximate surface area is 140 Å². The number of benzene rings is 1. The van der Waals surface area contributed by atoms with Crippen molar-refractivity contribution in [1.29, 1.82) is 0 Å². The van der Waals surface area contributed by atoms with E-state index in [2.05, 4.69) is 47.4 Å². The average Bonchev–Trinajstić information content (AvgIpc) is 3.26. The fourth-order valence-electron chi connectivity index (χ4n) is 4.41. The van der Waals surface area contributed by atoms with E-state index in [-0.39, 0.29) is 11.8 Å². The smallest absolute Gasteiger partial charge is 0.254 e. The molecule has 2 aromatic rings. The highest BCUT2D eigenvalue weighted by molar-refractivity contribution is 5.99. The normalized spacial score (nSPS) is 26.5. The molecule has 3 aliphatic rings. The number of likely N-dealkylation sites (N-methyl/N-ethyl adjacent to an activating group) is 1. The molecule has 5 heteroatoms. The van der Waals surface area contributed by atoms with Crippen molar-refractivity contribution in [3.8, 4) is 0 Å². The summed E-state index contributed by atoms with van der Waals surface area (Å²) in [5, 5.41) is 2.88. The number of nitrogens with one attached hydrogen (secondary N) is 1. The van der Waals surface area contributed by atoms with Crippen LogP contribution in [0.3, 0.4) is 0 Å². The Hall–Kier alpha value is -2.11. The quantitative estimate of drug-likeness (QED) is 0.875. The maximum absolute atomic E-state index is 12.8. The summed E-state index contributed by atoms with van der Waals surface area (Å²) < 4.78 is 0. The maximum Gasteiger partial charge on any atom is 0.254 e. The molecule has 1 N–H and O–H groups in total. The molecule has 1 aromatic carbocycles. The van der Waals surface area contributed by atoms with Crippen molar-refractivity contribution in [1.82, 2.24) is 14.9 Å². The Morgan fingerprint density at radius 1 is 1.38 bits per heavy atom. The third-order valence-electron chi connectivity index (χ3n) is 5.58. The van der Waals surface area contributed by atoms with Gasteiger partial charge in [-0.25, -0.2) is 5.06 Å². The van der Waals surface area contributed by atoms with E-state index in [1.54, 1.807) is 5.06 Å². The van der Waals surface area contributed by atoms with Crippen LogP contribution in [0.5, 0.6) is 0 Å². The lowest BCUT2D eigenvalue weighted by atomic mass is 9.80. The number of rotatable bonds is 1. The lowest BCUT2D eigenvalue weighted by Crippen LogP contribution is -2.46. The van der Waals surface area contributed by atoms with Crippen molar-refractivity contribution in [3.63, 3.8) is 0 Å². The second-order valence-electron chi connectivity index (χ2n) is 7.06. The molecule has 2 unspecified atom stereocenters. The van der Waals surface area contributed by atoms with E-state index >= 15 is 0 Å². The van der Waals surface area contributed by atoms with Crippen LogP contribution in [0.25, 0.3) is 16.5 Å². The van der Waals surface area contributed by atoms with E-state index in [1.165, 1.54) is 27.6 Å². The molecule has 1 saturated heterocycles. The van der Waals surface area contributed by atoms with Crippen LogP contribution in [0.1, 0.15) is 17.5 Å². The minimum absolute atomic E-state index is 0.0948. The van der Waals surface area contributed by atoms with Gasteiger partial charge in [0.1, 0.15) is 0 Å². The van der Waals surface area contributed by atoms with Gasteiger partial charge in [0.15, 0.2) is 0 Å². The number of hydrogen-bond donors (Lipinski definition) is 1. The van der Waals surface area contributed by atoms with Gasteiger partial charge in [-0.05, 0) is 42.7 Å². The van der Waals surface area contributed by atoms with E-state index in [0.29, 0.717) is 19.2 Å². The molecule has 5 nitrogen and oxygen atoms in total. The van der Waals surface area contributed by atoms with Gasteiger partial charge in [-0.1, -0.05) is 18.2 Å². The van der Waals surface area contributed by atoms with Crippen LogP contribution in [0.4, 0.5) is 0 Å². The highest BCUT2D eigenvalue weighted by atomic mass is 16.7. The topological polar surface area (TPSA) is 48.6 Å². The highest BCUT2D eigenvalue weighted by Gasteiger charge is 2.37. The fraction of sp³-hybridized carbons (Fsp3) is 0.421. The molecule has 5 rings (SSSR count). The molecule has 0 spiro atoms. The van der Waals surface area contributed by atoms with Gasteiger partial charge in [0.05, 0.1) is 19.1 Å². The maximum atomic E-state index is 12.8. The Kier molecular flexibility index (Phi) is 3.08. The molecule has 0 saturated carbocycles. The van der Waals surface area contributed by atoms with Gasteiger partial charge in [-0.3, -0.25) is 14.5 Å². The van der Waals surface area contributed by atoms with Crippen LogP contribution in [-0.4, -0.2) is 53.6 Å². The van der Waals surface area contributed by atoms with Crippen LogP contribution >= 0.6 is 0 Å². The van der Waals surface area contributed by atoms with Crippen LogP contribution in [0, 0.1) is 5.92 Å². The van der Waals surface area contributed by atoms with Gasteiger partial charge < -0.3 is 4.98 Å². The molecule has 1 aliphatic carbocycles. The molecule has 1 amide bonds. The van der Waals surface area contributed by atoms with Gasteiger partial charge in [0.2, 0.25) is 0 Å². The molecular weight excluding hydrogens is 302 g/mol. The lowest BCUT2D eigenvalue weighted by Gasteiger charge is -2.40. The average molecular weight is 323 g/mol. The van der Waals surface area contributed by atoms with Crippen LogP contribution in [-0.2, 0) is 16.1 Å². The number of carbonyl (C=O) groups excluding carboxylic acids is 1. The fourth-order valence-corrected chi connectivity index (χ4v) is 4.41. The second-order valence-corrected chi connectivity index (χ2v) is 7.06. The molecule has 0 bridgehead atoms. The highest BCUT2D eigenvalue weighted by Crippen LogP contribution is 2.41. The molecule has 24 heavy (non-hydrogen) atoms. The Bertz CT molecular complexity index is 847. The summed E-state index contributed by atoms with van der Waals surface area (Å²) in [6.07, 6.45) is 6.26. The standard InChI is InChI=1S/C19H21N3O2/c1-21-11-13(19(23)22-6-3-7-24-22)8-15-14-4-2-5-16-18(14)12(10-20-16)9-17(15)21/h2,4-5,8,10,13,17,20H,3,6-7,9,11H2,1H3. The summed E-state index contributed by atoms with van der Waals surface area (Å²) in [6, 6.07) is 6.75. The lowest BCUT2D eigenvalue weighted by molar-refractivity contribution is -0.172. The minimum atomic E-state index is -0.130. The van der Waals surface area contributed by atoms with E-state index < -0.39 is 0 Å². The zero-order valence-corrected chi connectivity index (χ0v) is 13.8. The summed E-state index contributed by atoms with van der Waals surface area (Å²) in [4.78, 5) is 24.0. The first-order valence-electron chi connectivity index (χ1n) is 8.68. The third-order valence-corrected chi connectivity index (χ3v) is 5.58. The predicted molar refractivity (Wildman–Crippen MR) is 92.2 cm³/mol. The number of fused-ring (bicyclic) bond motifs is 2. The zero-order valence-electron chi connectivity index (χ0n) is 13.8. The molecule has 1 aromatic heterocycles. The number of aromatic amines is 1. The first-order chi connectivity index (χ1) is 11.7. The molecule has 3 heterocycles. The number of H-pyrrole nitrogens is 1. The van der Waals surface area contributed by atoms with Crippen LogP contribution in [0.2, 0.25) is 0 Å². The molecule has 2 atom stereocenters. The van der Waals surface area contributed by atoms with Crippen molar-refractivity contribution in [3.05, 3.63) is 41.6 Å². The van der Waals surface area contributed by atoms with Crippen LogP contribution in [0.15, 0.2) is 30.5 Å². The van der Waals surface area contributed by atoms with Crippen molar-refractivity contribution in [2.45, 2.75) is 18.9 Å². The summed E-state index contributed by atoms with van der Waals surface area (Å²) >= 11 is 0. The van der Waals surface area contributed by atoms with E-state index in [4.69, 9.17) is 4.84 Å². The monoisotopic (exact) mass is 323 g/mol. The number of hydrogen-bond acceptors (Lipinski definition) is 3. The molecule has 124 valence electrons. The van der Waals surface area contributed by atoms with E-state index in [0.717, 1.165) is 19.4 Å². The third kappa shape index (κ3) is 1.98. The Balaban J connectivity index is 1.59. The summed E-state index contributed by atoms with van der Waals surface area (Å²) in [7, 11) is 2.13. The van der Waals surface area contributed by atoms with Crippen molar-refractivity contribution in [2.24, 2.45) is 5.92 Å². The SMILES string of the molecule is CN1CC(C(=O)N2CCCO2)C=C2c3cccc4[nH]cc(c34)CC21. The van der Waals surface area contributed by atoms with Crippen molar-refractivity contribution < 1.29 is 9.63 Å². The Morgan fingerprint density at radius 3 is 3.12 bits per heavy atom. The zero-order chi connectivity index (χ0) is 16.3. The van der Waals surface area contributed by atoms with Gasteiger partial charge in [-0.15, -0.1) is 0 Å². The number of nitrogens with zero attached hydrogens (tertiary/aromatic N) is 2. The number of aromatic nitrogens is 1. The molecule has 2 aliphatic heterocycles. The minimum Gasteiger partial charge on any atom is -0.361 e. The Morgan fingerprint density at radius 2 is 2.29 bits per heavy atom. The number of amides is 1. The summed E-state index contributed by atoms with van der Waals surface area (Å²) in [5.41, 5.74) is 5.12. The van der Waals surface area contributed by atoms with Gasteiger partial charge in [-0.2, -0.15) is 0 Å². The summed E-state index contributed by atoms with van der Waals surface area (Å²) in [6.45, 7) is 2.12. The first-order valence-corrected chi connectivity index (χ1v) is 8.68. The van der Waals surface area contributed by atoms with E-state index in [1.807, 2.05) is 0 Å². The van der Waals surface area contributed by atoms with Gasteiger partial charge >= 0.3 is 0 Å². The second kappa shape index (κ2) is 5.19. The van der Waals surface area contributed by atoms with Crippen LogP contribution < -0.4 is 0 Å². The van der Waals surface area contributed by atoms with Gasteiger partial charge in [0.25, 0.3) is 5.91 Å². The number of carbonyl (C=O) groups is 1.